The van der Waals surface area contributed by atoms with Crippen LogP contribution in [0.2, 0.25) is 0 Å². The Balaban J connectivity index is 1.75. The molecule has 4 nitrogen and oxygen atoms in total. The van der Waals surface area contributed by atoms with Crippen LogP contribution in [-0.2, 0) is 4.79 Å². The van der Waals surface area contributed by atoms with Crippen LogP contribution in [0.5, 0.6) is 5.75 Å². The average molecular weight is 233 g/mol. The van der Waals surface area contributed by atoms with Gasteiger partial charge in [-0.05, 0) is 30.9 Å². The molecular weight excluding hydrogens is 218 g/mol. The van der Waals surface area contributed by atoms with Gasteiger partial charge in [0.15, 0.2) is 6.61 Å². The minimum Gasteiger partial charge on any atom is -0.484 e. The van der Waals surface area contributed by atoms with Gasteiger partial charge >= 0.3 is 0 Å². The molecule has 0 spiro atoms. The SMILES string of the molecule is O=Cc1cccc(OCC(=O)NCC2CC2)c1. The average Bonchev–Trinajstić information content (AvgIpc) is 3.18. The zero-order valence-electron chi connectivity index (χ0n) is 9.52. The molecule has 1 fully saturated rings. The molecule has 0 aromatic heterocycles. The Morgan fingerprint density at radius 1 is 1.47 bits per heavy atom. The number of nitrogens with one attached hydrogen (secondary N) is 1. The van der Waals surface area contributed by atoms with Crippen molar-refractivity contribution in [2.75, 3.05) is 13.2 Å². The summed E-state index contributed by atoms with van der Waals surface area (Å²) in [5.41, 5.74) is 0.542. The first-order chi connectivity index (χ1) is 8.28. The van der Waals surface area contributed by atoms with Gasteiger partial charge in [-0.15, -0.1) is 0 Å². The van der Waals surface area contributed by atoms with Gasteiger partial charge < -0.3 is 10.1 Å². The summed E-state index contributed by atoms with van der Waals surface area (Å²) in [5, 5.41) is 2.81. The minimum absolute atomic E-state index is 0.00493. The number of ether oxygens (including phenoxy) is 1. The number of rotatable bonds is 6. The number of carbonyl (C=O) groups excluding carboxylic acids is 2. The highest BCUT2D eigenvalue weighted by molar-refractivity contribution is 5.78. The van der Waals surface area contributed by atoms with Gasteiger partial charge in [0.05, 0.1) is 0 Å². The summed E-state index contributed by atoms with van der Waals surface area (Å²) in [6, 6.07) is 6.75. The maximum atomic E-state index is 11.4. The van der Waals surface area contributed by atoms with E-state index in [1.165, 1.54) is 12.8 Å². The molecule has 0 bridgehead atoms. The molecular formula is C13H15NO3. The van der Waals surface area contributed by atoms with Crippen LogP contribution in [0.3, 0.4) is 0 Å². The molecule has 1 saturated carbocycles. The molecule has 4 heteroatoms. The maximum absolute atomic E-state index is 11.4. The van der Waals surface area contributed by atoms with E-state index in [1.54, 1.807) is 24.3 Å². The van der Waals surface area contributed by atoms with Gasteiger partial charge in [0, 0.05) is 12.1 Å². The van der Waals surface area contributed by atoms with E-state index in [0.29, 0.717) is 17.2 Å². The number of aldehydes is 1. The van der Waals surface area contributed by atoms with Crippen molar-refractivity contribution in [3.05, 3.63) is 29.8 Å². The van der Waals surface area contributed by atoms with Crippen LogP contribution in [0.4, 0.5) is 0 Å². The Morgan fingerprint density at radius 2 is 2.29 bits per heavy atom. The number of benzene rings is 1. The molecule has 1 N–H and O–H groups in total. The van der Waals surface area contributed by atoms with Crippen molar-refractivity contribution in [1.29, 1.82) is 0 Å². The van der Waals surface area contributed by atoms with Crippen LogP contribution in [0.1, 0.15) is 23.2 Å². The van der Waals surface area contributed by atoms with Crippen LogP contribution in [0, 0.1) is 5.92 Å². The van der Waals surface area contributed by atoms with E-state index in [9.17, 15) is 9.59 Å². The lowest BCUT2D eigenvalue weighted by atomic mass is 10.2. The fourth-order valence-corrected chi connectivity index (χ4v) is 1.46. The zero-order valence-corrected chi connectivity index (χ0v) is 9.52. The van der Waals surface area contributed by atoms with Gasteiger partial charge in [-0.3, -0.25) is 9.59 Å². The lowest BCUT2D eigenvalue weighted by molar-refractivity contribution is -0.123. The number of hydrogen-bond acceptors (Lipinski definition) is 3. The first kappa shape index (κ1) is 11.6. The quantitative estimate of drug-likeness (QED) is 0.756. The maximum Gasteiger partial charge on any atom is 0.257 e. The lowest BCUT2D eigenvalue weighted by Crippen LogP contribution is -2.30. The summed E-state index contributed by atoms with van der Waals surface area (Å²) in [7, 11) is 0. The molecule has 17 heavy (non-hydrogen) atoms. The van der Waals surface area contributed by atoms with Crippen molar-refractivity contribution >= 4 is 12.2 Å². The molecule has 0 unspecified atom stereocenters. The molecule has 1 amide bonds. The van der Waals surface area contributed by atoms with E-state index in [4.69, 9.17) is 4.74 Å². The third kappa shape index (κ3) is 3.90. The lowest BCUT2D eigenvalue weighted by Gasteiger charge is -2.07. The second kappa shape index (κ2) is 5.48. The number of amides is 1. The second-order valence-corrected chi connectivity index (χ2v) is 4.23. The molecule has 1 aliphatic rings. The van der Waals surface area contributed by atoms with Crippen LogP contribution >= 0.6 is 0 Å². The smallest absolute Gasteiger partial charge is 0.257 e. The van der Waals surface area contributed by atoms with E-state index < -0.39 is 0 Å². The van der Waals surface area contributed by atoms with E-state index in [2.05, 4.69) is 5.32 Å². The Hall–Kier alpha value is -1.84. The highest BCUT2D eigenvalue weighted by atomic mass is 16.5. The molecule has 0 aliphatic heterocycles. The van der Waals surface area contributed by atoms with Crippen molar-refractivity contribution in [2.24, 2.45) is 5.92 Å². The number of hydrogen-bond donors (Lipinski definition) is 1. The summed E-state index contributed by atoms with van der Waals surface area (Å²) in [5.74, 6) is 1.09. The molecule has 2 rings (SSSR count). The largest absolute Gasteiger partial charge is 0.484 e. The fourth-order valence-electron chi connectivity index (χ4n) is 1.46. The summed E-state index contributed by atoms with van der Waals surface area (Å²) in [6.45, 7) is 0.742. The monoisotopic (exact) mass is 233 g/mol. The highest BCUT2D eigenvalue weighted by Crippen LogP contribution is 2.27. The van der Waals surface area contributed by atoms with E-state index in [-0.39, 0.29) is 12.5 Å². The molecule has 0 heterocycles. The predicted octanol–water partition coefficient (Wildman–Crippen LogP) is 1.40. The Bertz CT molecular complexity index is 413. The van der Waals surface area contributed by atoms with Crippen molar-refractivity contribution in [1.82, 2.24) is 5.32 Å². The standard InChI is InChI=1S/C13H15NO3/c15-8-11-2-1-3-12(6-11)17-9-13(16)14-7-10-4-5-10/h1-3,6,8,10H,4-5,7,9H2,(H,14,16). The third-order valence-electron chi connectivity index (χ3n) is 2.65. The van der Waals surface area contributed by atoms with Gasteiger partial charge in [0.2, 0.25) is 0 Å². The fraction of sp³-hybridized carbons (Fsp3) is 0.385. The normalized spacial score (nSPS) is 14.1. The van der Waals surface area contributed by atoms with Crippen LogP contribution in [0.15, 0.2) is 24.3 Å². The zero-order chi connectivity index (χ0) is 12.1. The van der Waals surface area contributed by atoms with Crippen molar-refractivity contribution in [3.63, 3.8) is 0 Å². The van der Waals surface area contributed by atoms with Crippen molar-refractivity contribution in [2.45, 2.75) is 12.8 Å². The summed E-state index contributed by atoms with van der Waals surface area (Å²) >= 11 is 0. The highest BCUT2D eigenvalue weighted by Gasteiger charge is 2.21. The van der Waals surface area contributed by atoms with Crippen LogP contribution in [-0.4, -0.2) is 25.3 Å². The first-order valence-corrected chi connectivity index (χ1v) is 5.72. The molecule has 0 atom stereocenters. The van der Waals surface area contributed by atoms with Gasteiger partial charge in [0.1, 0.15) is 12.0 Å². The van der Waals surface area contributed by atoms with Gasteiger partial charge in [0.25, 0.3) is 5.91 Å². The van der Waals surface area contributed by atoms with E-state index >= 15 is 0 Å². The molecule has 0 saturated heterocycles. The predicted molar refractivity (Wildman–Crippen MR) is 63.1 cm³/mol. The topological polar surface area (TPSA) is 55.4 Å². The Kier molecular flexibility index (Phi) is 3.75. The summed E-state index contributed by atoms with van der Waals surface area (Å²) < 4.78 is 5.29. The molecule has 1 aliphatic carbocycles. The first-order valence-electron chi connectivity index (χ1n) is 5.72. The summed E-state index contributed by atoms with van der Waals surface area (Å²) in [4.78, 5) is 21.9. The Morgan fingerprint density at radius 3 is 3.00 bits per heavy atom. The van der Waals surface area contributed by atoms with Crippen LogP contribution < -0.4 is 10.1 Å². The van der Waals surface area contributed by atoms with Gasteiger partial charge in [-0.2, -0.15) is 0 Å². The van der Waals surface area contributed by atoms with Crippen molar-refractivity contribution < 1.29 is 14.3 Å². The van der Waals surface area contributed by atoms with Crippen LogP contribution in [0.25, 0.3) is 0 Å². The molecule has 0 radical (unpaired) electrons. The van der Waals surface area contributed by atoms with E-state index in [1.807, 2.05) is 0 Å². The Labute approximate surface area is 100.0 Å². The van der Waals surface area contributed by atoms with Crippen molar-refractivity contribution in [3.8, 4) is 5.75 Å². The van der Waals surface area contributed by atoms with E-state index in [0.717, 1.165) is 12.8 Å². The number of carbonyl (C=O) groups is 2. The van der Waals surface area contributed by atoms with Gasteiger partial charge in [-0.25, -0.2) is 0 Å². The second-order valence-electron chi connectivity index (χ2n) is 4.23. The molecule has 1 aromatic rings. The summed E-state index contributed by atoms with van der Waals surface area (Å²) in [6.07, 6.45) is 3.17. The van der Waals surface area contributed by atoms with Gasteiger partial charge in [-0.1, -0.05) is 12.1 Å². The molecule has 1 aromatic carbocycles. The molecule has 90 valence electrons. The minimum atomic E-state index is -0.117. The third-order valence-corrected chi connectivity index (χ3v) is 2.65.